The van der Waals surface area contributed by atoms with Gasteiger partial charge >= 0.3 is 5.82 Å². The van der Waals surface area contributed by atoms with Crippen LogP contribution in [0.2, 0.25) is 0 Å². The van der Waals surface area contributed by atoms with E-state index < -0.39 is 20.8 Å². The largest absolute Gasteiger partial charge is 0.363 e. The monoisotopic (exact) mass is 284 g/mol. The molecule has 2 heterocycles. The van der Waals surface area contributed by atoms with Gasteiger partial charge < -0.3 is 10.1 Å². The summed E-state index contributed by atoms with van der Waals surface area (Å²) >= 11 is 0. The molecule has 0 aliphatic carbocycles. The number of hydrogen-bond acceptors (Lipinski definition) is 7. The summed E-state index contributed by atoms with van der Waals surface area (Å²) in [6, 6.07) is 2.07. The molecule has 2 aromatic rings. The predicted octanol–water partition coefficient (Wildman–Crippen LogP) is 0.217. The van der Waals surface area contributed by atoms with Crippen molar-refractivity contribution in [3.8, 4) is 0 Å². The van der Waals surface area contributed by atoms with E-state index in [2.05, 4.69) is 24.9 Å². The number of rotatable bonds is 4. The number of H-pyrrole nitrogens is 1. The van der Waals surface area contributed by atoms with Gasteiger partial charge in [0, 0.05) is 6.07 Å². The van der Waals surface area contributed by atoms with Crippen LogP contribution < -0.4 is 4.72 Å². The summed E-state index contributed by atoms with van der Waals surface area (Å²) in [7, 11) is -3.92. The van der Waals surface area contributed by atoms with Crippen molar-refractivity contribution >= 4 is 21.8 Å². The van der Waals surface area contributed by atoms with Crippen LogP contribution >= 0.6 is 0 Å². The summed E-state index contributed by atoms with van der Waals surface area (Å²) < 4.78 is 25.9. The van der Waals surface area contributed by atoms with E-state index in [1.165, 1.54) is 0 Å². The van der Waals surface area contributed by atoms with Gasteiger partial charge in [-0.3, -0.25) is 5.10 Å². The van der Waals surface area contributed by atoms with Gasteiger partial charge in [-0.2, -0.15) is 4.98 Å². The van der Waals surface area contributed by atoms with Gasteiger partial charge in [0.1, 0.15) is 10.7 Å². The number of aromatic amines is 1. The topological polar surface area (TPSA) is 144 Å². The molecule has 0 bridgehead atoms. The SMILES string of the molecule is Cc1nc(NS(=O)(=O)c2ccc([N+](=O)[O-])nc2)n[nH]1. The molecule has 0 spiro atoms. The number of nitro groups is 1. The van der Waals surface area contributed by atoms with Crippen molar-refractivity contribution in [2.45, 2.75) is 11.8 Å². The lowest BCUT2D eigenvalue weighted by molar-refractivity contribution is -0.389. The van der Waals surface area contributed by atoms with Crippen LogP contribution in [0.5, 0.6) is 0 Å². The second-order valence-corrected chi connectivity index (χ2v) is 5.14. The van der Waals surface area contributed by atoms with Gasteiger partial charge in [-0.05, 0) is 22.9 Å². The Kier molecular flexibility index (Phi) is 3.12. The minimum atomic E-state index is -3.92. The number of sulfonamides is 1. The summed E-state index contributed by atoms with van der Waals surface area (Å²) in [5.74, 6) is -0.108. The smallest absolute Gasteiger partial charge is 0.358 e. The molecule has 0 fully saturated rings. The van der Waals surface area contributed by atoms with E-state index in [0.717, 1.165) is 18.3 Å². The highest BCUT2D eigenvalue weighted by Crippen LogP contribution is 2.14. The highest BCUT2D eigenvalue weighted by molar-refractivity contribution is 7.92. The van der Waals surface area contributed by atoms with Crippen LogP contribution in [0.3, 0.4) is 0 Å². The lowest BCUT2D eigenvalue weighted by Crippen LogP contribution is -2.14. The number of aromatic nitrogens is 4. The van der Waals surface area contributed by atoms with Crippen molar-refractivity contribution < 1.29 is 13.3 Å². The van der Waals surface area contributed by atoms with E-state index in [4.69, 9.17) is 0 Å². The molecule has 0 aliphatic rings. The third-order valence-electron chi connectivity index (χ3n) is 2.04. The molecule has 2 rings (SSSR count). The maximum Gasteiger partial charge on any atom is 0.363 e. The lowest BCUT2D eigenvalue weighted by atomic mass is 10.5. The van der Waals surface area contributed by atoms with Gasteiger partial charge in [0.15, 0.2) is 6.20 Å². The van der Waals surface area contributed by atoms with Crippen LogP contribution in [0.15, 0.2) is 23.2 Å². The first-order valence-corrected chi connectivity index (χ1v) is 6.39. The zero-order chi connectivity index (χ0) is 14.0. The number of anilines is 1. The molecular weight excluding hydrogens is 276 g/mol. The second-order valence-electron chi connectivity index (χ2n) is 3.46. The van der Waals surface area contributed by atoms with Gasteiger partial charge in [0.05, 0.1) is 0 Å². The molecule has 0 saturated heterocycles. The summed E-state index contributed by atoms with van der Waals surface area (Å²) in [5, 5.41) is 16.5. The Labute approximate surface area is 107 Å². The van der Waals surface area contributed by atoms with Crippen LogP contribution in [0.4, 0.5) is 11.8 Å². The minimum Gasteiger partial charge on any atom is -0.358 e. The first-order chi connectivity index (χ1) is 8.88. The predicted molar refractivity (Wildman–Crippen MR) is 62.8 cm³/mol. The standard InChI is InChI=1S/C8H8N6O4S/c1-5-10-8(12-11-5)13-19(17,18)6-2-3-7(9-4-6)14(15)16/h2-4H,1H3,(H2,10,11,12,13). The quantitative estimate of drug-likeness (QED) is 0.603. The number of pyridine rings is 1. The van der Waals surface area contributed by atoms with E-state index in [9.17, 15) is 18.5 Å². The molecule has 11 heteroatoms. The summed E-state index contributed by atoms with van der Waals surface area (Å²) in [5.41, 5.74) is 0. The van der Waals surface area contributed by atoms with E-state index in [1.54, 1.807) is 6.92 Å². The molecule has 19 heavy (non-hydrogen) atoms. The van der Waals surface area contributed by atoms with Crippen LogP contribution in [0.25, 0.3) is 0 Å². The van der Waals surface area contributed by atoms with Crippen LogP contribution in [0.1, 0.15) is 5.82 Å². The fourth-order valence-corrected chi connectivity index (χ4v) is 2.10. The van der Waals surface area contributed by atoms with Gasteiger partial charge in [0.2, 0.25) is 0 Å². The van der Waals surface area contributed by atoms with Crippen molar-refractivity contribution in [2.24, 2.45) is 0 Å². The van der Waals surface area contributed by atoms with Crippen LogP contribution in [-0.2, 0) is 10.0 Å². The Hall–Kier alpha value is -2.56. The zero-order valence-corrected chi connectivity index (χ0v) is 10.4. The van der Waals surface area contributed by atoms with E-state index >= 15 is 0 Å². The molecular formula is C8H8N6O4S. The van der Waals surface area contributed by atoms with Crippen LogP contribution in [0, 0.1) is 17.0 Å². The number of nitrogens with zero attached hydrogens (tertiary/aromatic N) is 4. The van der Waals surface area contributed by atoms with Gasteiger partial charge in [-0.1, -0.05) is 0 Å². The number of hydrogen-bond donors (Lipinski definition) is 2. The van der Waals surface area contributed by atoms with E-state index in [1.807, 2.05) is 0 Å². The molecule has 0 radical (unpaired) electrons. The molecule has 2 N–H and O–H groups in total. The number of nitrogens with one attached hydrogen (secondary N) is 2. The molecule has 100 valence electrons. The maximum atomic E-state index is 11.9. The Morgan fingerprint density at radius 2 is 2.16 bits per heavy atom. The van der Waals surface area contributed by atoms with Gasteiger partial charge in [-0.25, -0.2) is 13.1 Å². The first-order valence-electron chi connectivity index (χ1n) is 4.91. The van der Waals surface area contributed by atoms with Crippen molar-refractivity contribution in [1.82, 2.24) is 20.2 Å². The third kappa shape index (κ3) is 2.82. The molecule has 0 atom stereocenters. The Balaban J connectivity index is 2.26. The Bertz CT molecular complexity index is 707. The fraction of sp³-hybridized carbons (Fsp3) is 0.125. The number of aryl methyl sites for hydroxylation is 1. The Morgan fingerprint density at radius 1 is 1.42 bits per heavy atom. The van der Waals surface area contributed by atoms with Crippen molar-refractivity contribution in [3.05, 3.63) is 34.3 Å². The third-order valence-corrected chi connectivity index (χ3v) is 3.35. The fourth-order valence-electron chi connectivity index (χ4n) is 1.21. The minimum absolute atomic E-state index is 0.115. The highest BCUT2D eigenvalue weighted by Gasteiger charge is 2.19. The van der Waals surface area contributed by atoms with Crippen molar-refractivity contribution in [1.29, 1.82) is 0 Å². The van der Waals surface area contributed by atoms with E-state index in [-0.39, 0.29) is 10.8 Å². The normalized spacial score (nSPS) is 11.2. The molecule has 10 nitrogen and oxygen atoms in total. The van der Waals surface area contributed by atoms with Crippen molar-refractivity contribution in [2.75, 3.05) is 4.72 Å². The summed E-state index contributed by atoms with van der Waals surface area (Å²) in [4.78, 5) is 16.7. The molecule has 0 aliphatic heterocycles. The molecule has 0 aromatic carbocycles. The molecule has 0 amide bonds. The molecule has 2 aromatic heterocycles. The first kappa shape index (κ1) is 12.9. The highest BCUT2D eigenvalue weighted by atomic mass is 32.2. The van der Waals surface area contributed by atoms with E-state index in [0.29, 0.717) is 5.82 Å². The average Bonchev–Trinajstić information content (AvgIpc) is 2.74. The summed E-state index contributed by atoms with van der Waals surface area (Å²) in [6.45, 7) is 1.61. The Morgan fingerprint density at radius 3 is 2.63 bits per heavy atom. The lowest BCUT2D eigenvalue weighted by Gasteiger charge is -2.02. The average molecular weight is 284 g/mol. The van der Waals surface area contributed by atoms with Gasteiger partial charge in [-0.15, -0.1) is 5.10 Å². The molecule has 0 unspecified atom stereocenters. The second kappa shape index (κ2) is 4.61. The zero-order valence-electron chi connectivity index (χ0n) is 9.56. The summed E-state index contributed by atoms with van der Waals surface area (Å²) in [6.07, 6.45) is 0.889. The van der Waals surface area contributed by atoms with Gasteiger partial charge in [0.25, 0.3) is 16.0 Å². The maximum absolute atomic E-state index is 11.9. The van der Waals surface area contributed by atoms with Crippen molar-refractivity contribution in [3.63, 3.8) is 0 Å². The molecule has 0 saturated carbocycles. The van der Waals surface area contributed by atoms with Crippen LogP contribution in [-0.4, -0.2) is 33.5 Å².